The van der Waals surface area contributed by atoms with Crippen LogP contribution >= 0.6 is 22.9 Å². The Kier molecular flexibility index (Phi) is 3.46. The summed E-state index contributed by atoms with van der Waals surface area (Å²) in [6.07, 6.45) is 1.62. The lowest BCUT2D eigenvalue weighted by Gasteiger charge is -2.14. The van der Waals surface area contributed by atoms with E-state index in [2.05, 4.69) is 23.7 Å². The Morgan fingerprint density at radius 3 is 2.93 bits per heavy atom. The van der Waals surface area contributed by atoms with Crippen LogP contribution in [0.4, 0.5) is 0 Å². The van der Waals surface area contributed by atoms with Gasteiger partial charge in [-0.15, -0.1) is 11.3 Å². The Morgan fingerprint density at radius 1 is 1.53 bits per heavy atom. The largest absolute Gasteiger partial charge is 0.453 e. The molecule has 2 rings (SSSR count). The molecule has 2 heterocycles. The predicted octanol–water partition coefficient (Wildman–Crippen LogP) is 3.69. The molecule has 0 saturated carbocycles. The molecule has 2 nitrogen and oxygen atoms in total. The maximum atomic E-state index is 5.99. The standard InChI is InChI=1S/C11H12ClNOS/c1-2-13-10(9-4-3-7-15-9)8-5-6-14-11(8)12/h3-7,10,13H,2H2,1H3. The van der Waals surface area contributed by atoms with Crippen molar-refractivity contribution in [3.8, 4) is 0 Å². The highest BCUT2D eigenvalue weighted by atomic mass is 35.5. The molecule has 0 fully saturated rings. The Labute approximate surface area is 97.9 Å². The van der Waals surface area contributed by atoms with E-state index in [0.29, 0.717) is 5.22 Å². The molecule has 0 aromatic carbocycles. The Balaban J connectivity index is 2.32. The first kappa shape index (κ1) is 10.7. The summed E-state index contributed by atoms with van der Waals surface area (Å²) in [4.78, 5) is 1.25. The van der Waals surface area contributed by atoms with Crippen molar-refractivity contribution in [2.75, 3.05) is 6.54 Å². The summed E-state index contributed by atoms with van der Waals surface area (Å²) < 4.78 is 5.12. The monoisotopic (exact) mass is 241 g/mol. The zero-order valence-corrected chi connectivity index (χ0v) is 9.94. The van der Waals surface area contributed by atoms with E-state index in [4.69, 9.17) is 16.0 Å². The average Bonchev–Trinajstić information content (AvgIpc) is 2.85. The van der Waals surface area contributed by atoms with Crippen LogP contribution in [0.2, 0.25) is 5.22 Å². The van der Waals surface area contributed by atoms with E-state index in [1.54, 1.807) is 17.6 Å². The van der Waals surface area contributed by atoms with Gasteiger partial charge in [-0.1, -0.05) is 13.0 Å². The number of rotatable bonds is 4. The number of nitrogens with one attached hydrogen (secondary N) is 1. The van der Waals surface area contributed by atoms with Crippen LogP contribution in [-0.2, 0) is 0 Å². The summed E-state index contributed by atoms with van der Waals surface area (Å²) in [6.45, 7) is 2.97. The van der Waals surface area contributed by atoms with Crippen LogP contribution in [0.15, 0.2) is 34.3 Å². The van der Waals surface area contributed by atoms with Gasteiger partial charge in [-0.25, -0.2) is 0 Å². The van der Waals surface area contributed by atoms with Crippen LogP contribution < -0.4 is 5.32 Å². The lowest BCUT2D eigenvalue weighted by molar-refractivity contribution is 0.556. The third-order valence-electron chi connectivity index (χ3n) is 2.19. The van der Waals surface area contributed by atoms with Gasteiger partial charge in [0.25, 0.3) is 0 Å². The fourth-order valence-electron chi connectivity index (χ4n) is 1.53. The molecule has 1 unspecified atom stereocenters. The lowest BCUT2D eigenvalue weighted by Crippen LogP contribution is -2.20. The minimum Gasteiger partial charge on any atom is -0.453 e. The maximum Gasteiger partial charge on any atom is 0.198 e. The second-order valence-corrected chi connectivity index (χ2v) is 4.48. The Morgan fingerprint density at radius 2 is 2.40 bits per heavy atom. The molecule has 1 N–H and O–H groups in total. The second-order valence-electron chi connectivity index (χ2n) is 3.16. The smallest absolute Gasteiger partial charge is 0.198 e. The fraction of sp³-hybridized carbons (Fsp3) is 0.273. The van der Waals surface area contributed by atoms with Crippen LogP contribution in [0.5, 0.6) is 0 Å². The van der Waals surface area contributed by atoms with Gasteiger partial charge in [0.2, 0.25) is 0 Å². The van der Waals surface area contributed by atoms with Crippen molar-refractivity contribution in [1.82, 2.24) is 5.32 Å². The van der Waals surface area contributed by atoms with Gasteiger partial charge in [-0.3, -0.25) is 0 Å². The number of furan rings is 1. The van der Waals surface area contributed by atoms with E-state index in [0.717, 1.165) is 12.1 Å². The molecule has 80 valence electrons. The SMILES string of the molecule is CCNC(c1cccs1)c1ccoc1Cl. The van der Waals surface area contributed by atoms with Gasteiger partial charge in [0.15, 0.2) is 5.22 Å². The van der Waals surface area contributed by atoms with Crippen molar-refractivity contribution >= 4 is 22.9 Å². The minimum atomic E-state index is 0.140. The van der Waals surface area contributed by atoms with E-state index < -0.39 is 0 Å². The molecule has 2 aromatic heterocycles. The van der Waals surface area contributed by atoms with Gasteiger partial charge in [0.05, 0.1) is 12.3 Å². The fourth-order valence-corrected chi connectivity index (χ4v) is 2.58. The van der Waals surface area contributed by atoms with Crippen LogP contribution in [0.1, 0.15) is 23.4 Å². The number of hydrogen-bond acceptors (Lipinski definition) is 3. The van der Waals surface area contributed by atoms with E-state index in [1.807, 2.05) is 12.1 Å². The summed E-state index contributed by atoms with van der Waals surface area (Å²) in [5, 5.41) is 5.92. The molecule has 0 aliphatic carbocycles. The summed E-state index contributed by atoms with van der Waals surface area (Å²) >= 11 is 7.70. The van der Waals surface area contributed by atoms with Gasteiger partial charge in [0.1, 0.15) is 0 Å². The Bertz CT molecular complexity index is 410. The molecule has 15 heavy (non-hydrogen) atoms. The predicted molar refractivity (Wildman–Crippen MR) is 63.6 cm³/mol. The summed E-state index contributed by atoms with van der Waals surface area (Å²) in [5.74, 6) is 0. The van der Waals surface area contributed by atoms with Crippen LogP contribution in [0.3, 0.4) is 0 Å². The van der Waals surface area contributed by atoms with Gasteiger partial charge >= 0.3 is 0 Å². The number of hydrogen-bond donors (Lipinski definition) is 1. The first-order valence-corrected chi connectivity index (χ1v) is 6.08. The Hall–Kier alpha value is -0.770. The van der Waals surface area contributed by atoms with Crippen molar-refractivity contribution in [3.05, 3.63) is 45.5 Å². The third kappa shape index (κ3) is 2.25. The summed E-state index contributed by atoms with van der Waals surface area (Å²) in [7, 11) is 0. The molecule has 0 saturated heterocycles. The zero-order valence-electron chi connectivity index (χ0n) is 8.37. The van der Waals surface area contributed by atoms with Crippen molar-refractivity contribution in [2.45, 2.75) is 13.0 Å². The normalized spacial score (nSPS) is 12.9. The third-order valence-corrected chi connectivity index (χ3v) is 3.44. The zero-order chi connectivity index (χ0) is 10.7. The molecule has 2 aromatic rings. The van der Waals surface area contributed by atoms with Crippen molar-refractivity contribution in [1.29, 1.82) is 0 Å². The summed E-state index contributed by atoms with van der Waals surface area (Å²) in [6, 6.07) is 6.19. The van der Waals surface area contributed by atoms with E-state index in [9.17, 15) is 0 Å². The molecule has 4 heteroatoms. The molecule has 0 amide bonds. The highest BCUT2D eigenvalue weighted by molar-refractivity contribution is 7.10. The van der Waals surface area contributed by atoms with Crippen LogP contribution in [0.25, 0.3) is 0 Å². The average molecular weight is 242 g/mol. The number of halogens is 1. The van der Waals surface area contributed by atoms with Gasteiger partial charge in [-0.05, 0) is 35.7 Å². The highest BCUT2D eigenvalue weighted by Gasteiger charge is 2.18. The molecule has 0 spiro atoms. The van der Waals surface area contributed by atoms with Gasteiger partial charge in [-0.2, -0.15) is 0 Å². The topological polar surface area (TPSA) is 25.2 Å². The molecule has 0 aliphatic heterocycles. The molecular weight excluding hydrogens is 230 g/mol. The summed E-state index contributed by atoms with van der Waals surface area (Å²) in [5.41, 5.74) is 1.00. The minimum absolute atomic E-state index is 0.140. The highest BCUT2D eigenvalue weighted by Crippen LogP contribution is 2.31. The maximum absolute atomic E-state index is 5.99. The van der Waals surface area contributed by atoms with E-state index in [-0.39, 0.29) is 6.04 Å². The molecule has 0 bridgehead atoms. The van der Waals surface area contributed by atoms with Gasteiger partial charge in [0, 0.05) is 10.4 Å². The number of thiophene rings is 1. The quantitative estimate of drug-likeness (QED) is 0.883. The van der Waals surface area contributed by atoms with E-state index in [1.165, 1.54) is 4.88 Å². The second kappa shape index (κ2) is 4.84. The lowest BCUT2D eigenvalue weighted by atomic mass is 10.1. The van der Waals surface area contributed by atoms with Gasteiger partial charge < -0.3 is 9.73 Å². The van der Waals surface area contributed by atoms with Crippen molar-refractivity contribution in [2.24, 2.45) is 0 Å². The van der Waals surface area contributed by atoms with E-state index >= 15 is 0 Å². The molecule has 0 aliphatic rings. The van der Waals surface area contributed by atoms with Crippen LogP contribution in [0, 0.1) is 0 Å². The first-order chi connectivity index (χ1) is 7.33. The molecule has 1 atom stereocenters. The first-order valence-electron chi connectivity index (χ1n) is 4.82. The molecule has 0 radical (unpaired) electrons. The molecular formula is C11H12ClNOS. The van der Waals surface area contributed by atoms with Crippen LogP contribution in [-0.4, -0.2) is 6.54 Å². The van der Waals surface area contributed by atoms with Crippen molar-refractivity contribution in [3.63, 3.8) is 0 Å². The van der Waals surface area contributed by atoms with Crippen molar-refractivity contribution < 1.29 is 4.42 Å².